The second-order valence-electron chi connectivity index (χ2n) is 4.22. The van der Waals surface area contributed by atoms with Gasteiger partial charge in [-0.1, -0.05) is 12.1 Å². The van der Waals surface area contributed by atoms with Gasteiger partial charge in [-0.15, -0.1) is 0 Å². The molecule has 0 spiro atoms. The second kappa shape index (κ2) is 4.61. The fraction of sp³-hybridized carbons (Fsp3) is 0.0625. The maximum absolute atomic E-state index is 11.0. The van der Waals surface area contributed by atoms with Gasteiger partial charge in [0.05, 0.1) is 12.7 Å². The van der Waals surface area contributed by atoms with Crippen molar-refractivity contribution in [1.82, 2.24) is 0 Å². The Balaban J connectivity index is 2.12. The number of hydrogen-bond donors (Lipinski definition) is 0. The van der Waals surface area contributed by atoms with Gasteiger partial charge in [0.1, 0.15) is 17.1 Å². The summed E-state index contributed by atoms with van der Waals surface area (Å²) in [6, 6.07) is 15.1. The van der Waals surface area contributed by atoms with Crippen molar-refractivity contribution in [3.8, 4) is 17.1 Å². The molecule has 0 amide bonds. The lowest BCUT2D eigenvalue weighted by molar-refractivity contribution is 0.112. The van der Waals surface area contributed by atoms with Crippen molar-refractivity contribution >= 4 is 17.3 Å². The predicted molar refractivity (Wildman–Crippen MR) is 73.6 cm³/mol. The fourth-order valence-electron chi connectivity index (χ4n) is 2.08. The highest BCUT2D eigenvalue weighted by Crippen LogP contribution is 2.30. The van der Waals surface area contributed by atoms with Crippen LogP contribution in [0.3, 0.4) is 0 Å². The van der Waals surface area contributed by atoms with Crippen LogP contribution in [0.25, 0.3) is 22.3 Å². The van der Waals surface area contributed by atoms with E-state index in [-0.39, 0.29) is 0 Å². The third kappa shape index (κ3) is 1.99. The van der Waals surface area contributed by atoms with Gasteiger partial charge >= 0.3 is 0 Å². The summed E-state index contributed by atoms with van der Waals surface area (Å²) in [7, 11) is 1.63. The molecule has 0 radical (unpaired) electrons. The van der Waals surface area contributed by atoms with E-state index in [1.165, 1.54) is 0 Å². The Hall–Kier alpha value is -2.55. The van der Waals surface area contributed by atoms with Crippen LogP contribution in [0.15, 0.2) is 52.9 Å². The van der Waals surface area contributed by atoms with Gasteiger partial charge in [0.2, 0.25) is 0 Å². The first-order valence-electron chi connectivity index (χ1n) is 5.94. The number of aldehydes is 1. The lowest BCUT2D eigenvalue weighted by Crippen LogP contribution is -1.81. The normalized spacial score (nSPS) is 10.6. The lowest BCUT2D eigenvalue weighted by atomic mass is 10.1. The average Bonchev–Trinajstić information content (AvgIpc) is 2.91. The first-order valence-corrected chi connectivity index (χ1v) is 5.94. The summed E-state index contributed by atoms with van der Waals surface area (Å²) in [5.74, 6) is 1.54. The number of para-hydroxylation sites is 1. The van der Waals surface area contributed by atoms with E-state index in [0.717, 1.165) is 28.7 Å². The van der Waals surface area contributed by atoms with Crippen molar-refractivity contribution in [2.24, 2.45) is 0 Å². The molecule has 1 aromatic heterocycles. The van der Waals surface area contributed by atoms with Crippen molar-refractivity contribution in [2.45, 2.75) is 0 Å². The molecule has 3 heteroatoms. The monoisotopic (exact) mass is 252 g/mol. The number of hydrogen-bond acceptors (Lipinski definition) is 3. The standard InChI is InChI=1S/C16H12O3/c1-18-14-7-5-11(6-8-14)15-9-12-3-2-4-13(10-17)16(12)19-15/h2-10H,1H3. The minimum atomic E-state index is 0.567. The molecule has 0 N–H and O–H groups in total. The van der Waals surface area contributed by atoms with Crippen LogP contribution in [0.4, 0.5) is 0 Å². The van der Waals surface area contributed by atoms with Crippen molar-refractivity contribution in [2.75, 3.05) is 7.11 Å². The van der Waals surface area contributed by atoms with Crippen LogP contribution in [-0.2, 0) is 0 Å². The van der Waals surface area contributed by atoms with Gasteiger partial charge in [0.25, 0.3) is 0 Å². The number of fused-ring (bicyclic) bond motifs is 1. The maximum atomic E-state index is 11.0. The Labute approximate surface area is 110 Å². The van der Waals surface area contributed by atoms with Crippen molar-refractivity contribution in [3.05, 3.63) is 54.1 Å². The Kier molecular flexibility index (Phi) is 2.80. The molecule has 3 aromatic rings. The highest BCUT2D eigenvalue weighted by Gasteiger charge is 2.09. The molecule has 94 valence electrons. The van der Waals surface area contributed by atoms with Crippen LogP contribution in [-0.4, -0.2) is 13.4 Å². The van der Waals surface area contributed by atoms with E-state index in [2.05, 4.69) is 0 Å². The van der Waals surface area contributed by atoms with Gasteiger partial charge in [-0.3, -0.25) is 4.79 Å². The van der Waals surface area contributed by atoms with Gasteiger partial charge in [-0.25, -0.2) is 0 Å². The summed E-state index contributed by atoms with van der Waals surface area (Å²) >= 11 is 0. The molecule has 0 aliphatic rings. The number of carbonyl (C=O) groups is 1. The zero-order valence-electron chi connectivity index (χ0n) is 10.4. The van der Waals surface area contributed by atoms with Crippen molar-refractivity contribution in [1.29, 1.82) is 0 Å². The van der Waals surface area contributed by atoms with Gasteiger partial charge in [0, 0.05) is 10.9 Å². The third-order valence-corrected chi connectivity index (χ3v) is 3.08. The van der Waals surface area contributed by atoms with E-state index in [0.29, 0.717) is 11.1 Å². The van der Waals surface area contributed by atoms with Gasteiger partial charge in [-0.05, 0) is 36.4 Å². The van der Waals surface area contributed by atoms with E-state index < -0.39 is 0 Å². The predicted octanol–water partition coefficient (Wildman–Crippen LogP) is 3.92. The molecule has 2 aromatic carbocycles. The number of methoxy groups -OCH3 is 1. The van der Waals surface area contributed by atoms with Crippen LogP contribution < -0.4 is 4.74 Å². The molecule has 1 heterocycles. The minimum absolute atomic E-state index is 0.567. The summed E-state index contributed by atoms with van der Waals surface area (Å²) in [6.07, 6.45) is 0.809. The van der Waals surface area contributed by atoms with Gasteiger partial charge < -0.3 is 9.15 Å². The Morgan fingerprint density at radius 3 is 2.58 bits per heavy atom. The zero-order chi connectivity index (χ0) is 13.2. The summed E-state index contributed by atoms with van der Waals surface area (Å²) in [6.45, 7) is 0. The molecule has 3 nitrogen and oxygen atoms in total. The van der Waals surface area contributed by atoms with E-state index >= 15 is 0 Å². The third-order valence-electron chi connectivity index (χ3n) is 3.08. The SMILES string of the molecule is COc1ccc(-c2cc3cccc(C=O)c3o2)cc1. The van der Waals surface area contributed by atoms with E-state index in [1.807, 2.05) is 42.5 Å². The quantitative estimate of drug-likeness (QED) is 0.663. The molecule has 0 fully saturated rings. The molecule has 0 bridgehead atoms. The highest BCUT2D eigenvalue weighted by atomic mass is 16.5. The molecule has 3 rings (SSSR count). The average molecular weight is 252 g/mol. The second-order valence-corrected chi connectivity index (χ2v) is 4.22. The van der Waals surface area contributed by atoms with E-state index in [9.17, 15) is 4.79 Å². The first-order chi connectivity index (χ1) is 9.31. The largest absolute Gasteiger partial charge is 0.497 e. The van der Waals surface area contributed by atoms with E-state index in [1.54, 1.807) is 13.2 Å². The Morgan fingerprint density at radius 1 is 1.11 bits per heavy atom. The molecule has 0 aliphatic heterocycles. The summed E-state index contributed by atoms with van der Waals surface area (Å²) in [5, 5.41) is 0.926. The molecule has 0 aliphatic carbocycles. The number of rotatable bonds is 3. The zero-order valence-corrected chi connectivity index (χ0v) is 10.4. The summed E-state index contributed by atoms with van der Waals surface area (Å²) in [4.78, 5) is 11.0. The van der Waals surface area contributed by atoms with Crippen LogP contribution in [0.2, 0.25) is 0 Å². The lowest BCUT2D eigenvalue weighted by Gasteiger charge is -2.00. The Morgan fingerprint density at radius 2 is 1.89 bits per heavy atom. The summed E-state index contributed by atoms with van der Waals surface area (Å²) in [5.41, 5.74) is 2.15. The van der Waals surface area contributed by atoms with Crippen LogP contribution >= 0.6 is 0 Å². The van der Waals surface area contributed by atoms with Gasteiger partial charge in [0.15, 0.2) is 6.29 Å². The number of furan rings is 1. The number of ether oxygens (including phenoxy) is 1. The molecule has 0 saturated heterocycles. The first kappa shape index (κ1) is 11.5. The van der Waals surface area contributed by atoms with Crippen LogP contribution in [0, 0.1) is 0 Å². The van der Waals surface area contributed by atoms with Crippen LogP contribution in [0.5, 0.6) is 5.75 Å². The molecular weight excluding hydrogens is 240 g/mol. The van der Waals surface area contributed by atoms with E-state index in [4.69, 9.17) is 9.15 Å². The molecule has 0 saturated carbocycles. The summed E-state index contributed by atoms with van der Waals surface area (Å²) < 4.78 is 10.9. The van der Waals surface area contributed by atoms with Crippen molar-refractivity contribution in [3.63, 3.8) is 0 Å². The van der Waals surface area contributed by atoms with Crippen LogP contribution in [0.1, 0.15) is 10.4 Å². The maximum Gasteiger partial charge on any atom is 0.153 e. The molecule has 0 atom stereocenters. The highest BCUT2D eigenvalue weighted by molar-refractivity contribution is 5.96. The Bertz CT molecular complexity index is 723. The van der Waals surface area contributed by atoms with Crippen molar-refractivity contribution < 1.29 is 13.9 Å². The minimum Gasteiger partial charge on any atom is -0.497 e. The molecule has 0 unspecified atom stereocenters. The number of benzene rings is 2. The molecule has 19 heavy (non-hydrogen) atoms. The topological polar surface area (TPSA) is 39.4 Å². The fourth-order valence-corrected chi connectivity index (χ4v) is 2.08. The number of carbonyl (C=O) groups excluding carboxylic acids is 1. The smallest absolute Gasteiger partial charge is 0.153 e. The van der Waals surface area contributed by atoms with Gasteiger partial charge in [-0.2, -0.15) is 0 Å². The molecular formula is C16H12O3.